The van der Waals surface area contributed by atoms with Gasteiger partial charge in [-0.25, -0.2) is 0 Å². The van der Waals surface area contributed by atoms with E-state index in [0.717, 1.165) is 19.3 Å². The van der Waals surface area contributed by atoms with E-state index in [-0.39, 0.29) is 24.3 Å². The van der Waals surface area contributed by atoms with Crippen LogP contribution < -0.4 is 11.1 Å². The average Bonchev–Trinajstić information content (AvgIpc) is 3.07. The van der Waals surface area contributed by atoms with Crippen LogP contribution in [0.4, 0.5) is 0 Å². The molecule has 0 bridgehead atoms. The molecule has 1 rings (SSSR count). The fourth-order valence-electron chi connectivity index (χ4n) is 2.39. The van der Waals surface area contributed by atoms with E-state index in [4.69, 9.17) is 10.8 Å². The molecule has 1 amide bonds. The second kappa shape index (κ2) is 7.48. The highest BCUT2D eigenvalue weighted by Crippen LogP contribution is 2.32. The van der Waals surface area contributed by atoms with Crippen molar-refractivity contribution in [3.8, 4) is 0 Å². The Morgan fingerprint density at radius 1 is 1.32 bits per heavy atom. The van der Waals surface area contributed by atoms with E-state index in [1.165, 1.54) is 0 Å². The number of hydrogen-bond donors (Lipinski definition) is 3. The highest BCUT2D eigenvalue weighted by Gasteiger charge is 2.29. The largest absolute Gasteiger partial charge is 0.481 e. The normalized spacial score (nSPS) is 18.1. The van der Waals surface area contributed by atoms with Gasteiger partial charge in [0.15, 0.2) is 0 Å². The van der Waals surface area contributed by atoms with Gasteiger partial charge in [-0.15, -0.1) is 0 Å². The lowest BCUT2D eigenvalue weighted by atomic mass is 9.94. The van der Waals surface area contributed by atoms with Gasteiger partial charge in [0.05, 0.1) is 0 Å². The second-order valence-corrected chi connectivity index (χ2v) is 6.10. The van der Waals surface area contributed by atoms with Crippen molar-refractivity contribution in [2.45, 2.75) is 52.0 Å². The molecule has 5 nitrogen and oxygen atoms in total. The molecule has 1 aliphatic rings. The molecule has 0 radical (unpaired) electrons. The van der Waals surface area contributed by atoms with Crippen molar-refractivity contribution < 1.29 is 14.7 Å². The predicted octanol–water partition coefficient (Wildman–Crippen LogP) is 1.37. The summed E-state index contributed by atoms with van der Waals surface area (Å²) in [5.41, 5.74) is 5.89. The monoisotopic (exact) mass is 270 g/mol. The summed E-state index contributed by atoms with van der Waals surface area (Å²) in [7, 11) is 0. The highest BCUT2D eigenvalue weighted by molar-refractivity contribution is 5.76. The van der Waals surface area contributed by atoms with Crippen LogP contribution in [-0.2, 0) is 9.59 Å². The molecule has 2 unspecified atom stereocenters. The first-order valence-corrected chi connectivity index (χ1v) is 7.12. The third-order valence-corrected chi connectivity index (χ3v) is 3.50. The Bertz CT molecular complexity index is 314. The zero-order valence-electron chi connectivity index (χ0n) is 11.9. The van der Waals surface area contributed by atoms with Crippen LogP contribution in [0.1, 0.15) is 46.0 Å². The minimum Gasteiger partial charge on any atom is -0.481 e. The quantitative estimate of drug-likeness (QED) is 0.590. The molecule has 0 heterocycles. The van der Waals surface area contributed by atoms with Gasteiger partial charge in [0, 0.05) is 25.4 Å². The molecule has 0 aromatic rings. The Hall–Kier alpha value is -1.10. The summed E-state index contributed by atoms with van der Waals surface area (Å²) in [6.45, 7) is 4.54. The molecule has 19 heavy (non-hydrogen) atoms. The Morgan fingerprint density at radius 2 is 1.95 bits per heavy atom. The lowest BCUT2D eigenvalue weighted by Gasteiger charge is -2.18. The topological polar surface area (TPSA) is 92.4 Å². The number of carbonyl (C=O) groups is 2. The Kier molecular flexibility index (Phi) is 6.28. The number of carboxylic acid groups (broad SMARTS) is 1. The SMILES string of the molecule is CC(C)CC(CNC(=O)CC(N)C1CC1)CC(=O)O. The highest BCUT2D eigenvalue weighted by atomic mass is 16.4. The van der Waals surface area contributed by atoms with Crippen LogP contribution in [0.5, 0.6) is 0 Å². The predicted molar refractivity (Wildman–Crippen MR) is 73.5 cm³/mol. The fourth-order valence-corrected chi connectivity index (χ4v) is 2.39. The minimum absolute atomic E-state index is 0.00130. The average molecular weight is 270 g/mol. The number of rotatable bonds is 9. The molecule has 0 saturated heterocycles. The molecular formula is C14H26N2O3. The van der Waals surface area contributed by atoms with Gasteiger partial charge >= 0.3 is 5.97 Å². The summed E-state index contributed by atoms with van der Waals surface area (Å²) < 4.78 is 0. The lowest BCUT2D eigenvalue weighted by Crippen LogP contribution is -2.36. The van der Waals surface area contributed by atoms with Crippen LogP contribution in [0.25, 0.3) is 0 Å². The number of carboxylic acids is 1. The van der Waals surface area contributed by atoms with Crippen molar-refractivity contribution in [3.05, 3.63) is 0 Å². The van der Waals surface area contributed by atoms with E-state index in [0.29, 0.717) is 24.8 Å². The van der Waals surface area contributed by atoms with Crippen molar-refractivity contribution in [2.75, 3.05) is 6.54 Å². The van der Waals surface area contributed by atoms with Crippen LogP contribution in [0.2, 0.25) is 0 Å². The fraction of sp³-hybridized carbons (Fsp3) is 0.857. The van der Waals surface area contributed by atoms with Crippen molar-refractivity contribution in [3.63, 3.8) is 0 Å². The number of carbonyl (C=O) groups excluding carboxylic acids is 1. The van der Waals surface area contributed by atoms with Crippen molar-refractivity contribution in [1.29, 1.82) is 0 Å². The van der Waals surface area contributed by atoms with Gasteiger partial charge in [-0.1, -0.05) is 13.8 Å². The van der Waals surface area contributed by atoms with Gasteiger partial charge in [0.2, 0.25) is 5.91 Å². The van der Waals surface area contributed by atoms with E-state index in [2.05, 4.69) is 19.2 Å². The minimum atomic E-state index is -0.811. The second-order valence-electron chi connectivity index (χ2n) is 6.10. The molecule has 4 N–H and O–H groups in total. The summed E-state index contributed by atoms with van der Waals surface area (Å²) in [5, 5.41) is 11.7. The molecular weight excluding hydrogens is 244 g/mol. The van der Waals surface area contributed by atoms with Crippen LogP contribution in [0, 0.1) is 17.8 Å². The Balaban J connectivity index is 2.28. The molecule has 5 heteroatoms. The zero-order valence-corrected chi connectivity index (χ0v) is 11.9. The first-order chi connectivity index (χ1) is 8.88. The van der Waals surface area contributed by atoms with Gasteiger partial charge in [-0.2, -0.15) is 0 Å². The summed E-state index contributed by atoms with van der Waals surface area (Å²) in [4.78, 5) is 22.5. The molecule has 0 spiro atoms. The van der Waals surface area contributed by atoms with E-state index in [9.17, 15) is 9.59 Å². The van der Waals surface area contributed by atoms with E-state index >= 15 is 0 Å². The number of hydrogen-bond acceptors (Lipinski definition) is 3. The zero-order chi connectivity index (χ0) is 14.4. The van der Waals surface area contributed by atoms with Gasteiger partial charge in [0.1, 0.15) is 0 Å². The number of nitrogens with two attached hydrogens (primary N) is 1. The van der Waals surface area contributed by atoms with Crippen molar-refractivity contribution >= 4 is 11.9 Å². The summed E-state index contributed by atoms with van der Waals surface area (Å²) in [5.74, 6) is 0.0675. The van der Waals surface area contributed by atoms with Crippen LogP contribution in [0.15, 0.2) is 0 Å². The maximum Gasteiger partial charge on any atom is 0.303 e. The van der Waals surface area contributed by atoms with Gasteiger partial charge in [-0.3, -0.25) is 9.59 Å². The maximum absolute atomic E-state index is 11.7. The summed E-state index contributed by atoms with van der Waals surface area (Å²) >= 11 is 0. The molecule has 0 aromatic carbocycles. The third kappa shape index (κ3) is 7.15. The van der Waals surface area contributed by atoms with Crippen LogP contribution in [-0.4, -0.2) is 29.6 Å². The van der Waals surface area contributed by atoms with Gasteiger partial charge in [0.25, 0.3) is 0 Å². The van der Waals surface area contributed by atoms with Gasteiger partial charge in [-0.05, 0) is 37.0 Å². The van der Waals surface area contributed by atoms with E-state index in [1.54, 1.807) is 0 Å². The first-order valence-electron chi connectivity index (χ1n) is 7.12. The summed E-state index contributed by atoms with van der Waals surface area (Å²) in [6.07, 6.45) is 3.52. The maximum atomic E-state index is 11.7. The first kappa shape index (κ1) is 16.0. The van der Waals surface area contributed by atoms with Crippen LogP contribution in [0.3, 0.4) is 0 Å². The van der Waals surface area contributed by atoms with Crippen LogP contribution >= 0.6 is 0 Å². The Morgan fingerprint density at radius 3 is 2.42 bits per heavy atom. The smallest absolute Gasteiger partial charge is 0.303 e. The van der Waals surface area contributed by atoms with Gasteiger partial charge < -0.3 is 16.2 Å². The van der Waals surface area contributed by atoms with Crippen molar-refractivity contribution in [2.24, 2.45) is 23.5 Å². The number of amides is 1. The third-order valence-electron chi connectivity index (χ3n) is 3.50. The Labute approximate surface area is 114 Å². The molecule has 110 valence electrons. The molecule has 2 atom stereocenters. The van der Waals surface area contributed by atoms with Crippen molar-refractivity contribution in [1.82, 2.24) is 5.32 Å². The number of aliphatic carboxylic acids is 1. The molecule has 1 aliphatic carbocycles. The van der Waals surface area contributed by atoms with E-state index in [1.807, 2.05) is 0 Å². The number of nitrogens with one attached hydrogen (secondary N) is 1. The molecule has 0 aliphatic heterocycles. The van der Waals surface area contributed by atoms with E-state index < -0.39 is 5.97 Å². The lowest BCUT2D eigenvalue weighted by molar-refractivity contribution is -0.138. The standard InChI is InChI=1S/C14H26N2O3/c1-9(2)5-10(6-14(18)19)8-16-13(17)7-12(15)11-3-4-11/h9-12H,3-8,15H2,1-2H3,(H,16,17)(H,18,19). The molecule has 1 saturated carbocycles. The molecule has 1 fully saturated rings. The summed E-state index contributed by atoms with van der Waals surface area (Å²) in [6, 6.07) is -0.0389. The molecule has 0 aromatic heterocycles.